The average molecular weight is 342 g/mol. The Morgan fingerprint density at radius 3 is 2.13 bits per heavy atom. The zero-order chi connectivity index (χ0) is 17.6. The third-order valence-electron chi connectivity index (χ3n) is 4.85. The summed E-state index contributed by atoms with van der Waals surface area (Å²) in [6, 6.07) is 3.76. The van der Waals surface area contributed by atoms with Crippen molar-refractivity contribution in [2.24, 2.45) is 0 Å². The Bertz CT molecular complexity index is 684. The first-order chi connectivity index (χ1) is 10.4. The summed E-state index contributed by atoms with van der Waals surface area (Å²) in [4.78, 5) is -0.0310. The summed E-state index contributed by atoms with van der Waals surface area (Å²) in [6.07, 6.45) is 0.463. The second kappa shape index (κ2) is 5.86. The molecule has 0 aromatic heterocycles. The van der Waals surface area contributed by atoms with E-state index in [2.05, 4.69) is 0 Å². The SMILES string of the molecule is CCC(C)S(=O)(=O)c1cc(F)cc(B2OC(C)(C)C(C)(C)O2)c1. The lowest BCUT2D eigenvalue weighted by Crippen LogP contribution is -2.41. The zero-order valence-electron chi connectivity index (χ0n) is 14.5. The molecule has 1 heterocycles. The summed E-state index contributed by atoms with van der Waals surface area (Å²) < 4.78 is 50.7. The molecule has 1 aromatic carbocycles. The number of sulfone groups is 1. The molecule has 1 atom stereocenters. The Kier molecular flexibility index (Phi) is 4.70. The lowest BCUT2D eigenvalue weighted by Gasteiger charge is -2.32. The zero-order valence-corrected chi connectivity index (χ0v) is 15.3. The van der Waals surface area contributed by atoms with Crippen molar-refractivity contribution >= 4 is 22.4 Å². The molecule has 0 saturated carbocycles. The highest BCUT2D eigenvalue weighted by atomic mass is 32.2. The van der Waals surface area contributed by atoms with Crippen LogP contribution in [0.25, 0.3) is 0 Å². The Hall–Kier alpha value is -0.915. The van der Waals surface area contributed by atoms with Gasteiger partial charge in [-0.15, -0.1) is 0 Å². The van der Waals surface area contributed by atoms with Crippen molar-refractivity contribution in [3.8, 4) is 0 Å². The molecule has 0 aliphatic carbocycles. The predicted molar refractivity (Wildman–Crippen MR) is 89.1 cm³/mol. The van der Waals surface area contributed by atoms with Crippen LogP contribution < -0.4 is 5.46 Å². The van der Waals surface area contributed by atoms with E-state index in [-0.39, 0.29) is 4.90 Å². The van der Waals surface area contributed by atoms with E-state index < -0.39 is 39.2 Å². The fraction of sp³-hybridized carbons (Fsp3) is 0.625. The number of hydrogen-bond donors (Lipinski definition) is 0. The minimum Gasteiger partial charge on any atom is -0.399 e. The van der Waals surface area contributed by atoms with Crippen LogP contribution in [0.4, 0.5) is 4.39 Å². The molecular weight excluding hydrogens is 318 g/mol. The lowest BCUT2D eigenvalue weighted by molar-refractivity contribution is 0.00578. The van der Waals surface area contributed by atoms with Crippen LogP contribution in [-0.2, 0) is 19.1 Å². The summed E-state index contributed by atoms with van der Waals surface area (Å²) in [7, 11) is -4.36. The van der Waals surface area contributed by atoms with Gasteiger partial charge in [-0.1, -0.05) is 6.92 Å². The number of rotatable bonds is 4. The molecule has 0 N–H and O–H groups in total. The van der Waals surface area contributed by atoms with Crippen molar-refractivity contribution in [1.82, 2.24) is 0 Å². The van der Waals surface area contributed by atoms with Gasteiger partial charge < -0.3 is 9.31 Å². The highest BCUT2D eigenvalue weighted by molar-refractivity contribution is 7.92. The topological polar surface area (TPSA) is 52.6 Å². The van der Waals surface area contributed by atoms with E-state index in [0.29, 0.717) is 11.9 Å². The van der Waals surface area contributed by atoms with E-state index in [1.807, 2.05) is 27.7 Å². The van der Waals surface area contributed by atoms with Gasteiger partial charge in [0.05, 0.1) is 21.3 Å². The van der Waals surface area contributed by atoms with Crippen molar-refractivity contribution in [3.63, 3.8) is 0 Å². The molecule has 23 heavy (non-hydrogen) atoms. The van der Waals surface area contributed by atoms with Gasteiger partial charge in [0.15, 0.2) is 9.84 Å². The summed E-state index contributed by atoms with van der Waals surface area (Å²) in [5, 5.41) is -0.574. The summed E-state index contributed by atoms with van der Waals surface area (Å²) in [6.45, 7) is 11.0. The maximum Gasteiger partial charge on any atom is 0.494 e. The molecule has 1 aliphatic rings. The first-order valence-corrected chi connectivity index (χ1v) is 9.35. The monoisotopic (exact) mass is 342 g/mol. The highest BCUT2D eigenvalue weighted by Crippen LogP contribution is 2.36. The van der Waals surface area contributed by atoms with E-state index >= 15 is 0 Å². The minimum absolute atomic E-state index is 0.0310. The molecule has 1 aromatic rings. The van der Waals surface area contributed by atoms with Crippen molar-refractivity contribution in [1.29, 1.82) is 0 Å². The van der Waals surface area contributed by atoms with Crippen LogP contribution in [0, 0.1) is 5.82 Å². The molecule has 2 rings (SSSR count). The van der Waals surface area contributed by atoms with Gasteiger partial charge in [0.25, 0.3) is 0 Å². The molecule has 0 bridgehead atoms. The predicted octanol–water partition coefficient (Wildman–Crippen LogP) is 2.70. The number of benzene rings is 1. The fourth-order valence-electron chi connectivity index (χ4n) is 2.32. The minimum atomic E-state index is -3.57. The van der Waals surface area contributed by atoms with Gasteiger partial charge in [-0.25, -0.2) is 12.8 Å². The van der Waals surface area contributed by atoms with Gasteiger partial charge in [0.1, 0.15) is 5.82 Å². The molecule has 0 amide bonds. The number of hydrogen-bond acceptors (Lipinski definition) is 4. The normalized spacial score (nSPS) is 21.4. The summed E-state index contributed by atoms with van der Waals surface area (Å²) in [5.41, 5.74) is -0.759. The maximum absolute atomic E-state index is 14.0. The summed E-state index contributed by atoms with van der Waals surface area (Å²) >= 11 is 0. The second-order valence-electron chi connectivity index (χ2n) is 7.07. The van der Waals surface area contributed by atoms with Crippen LogP contribution in [0.1, 0.15) is 48.0 Å². The van der Waals surface area contributed by atoms with Gasteiger partial charge in [0.2, 0.25) is 0 Å². The Morgan fingerprint density at radius 2 is 1.65 bits per heavy atom. The van der Waals surface area contributed by atoms with Gasteiger partial charge in [-0.3, -0.25) is 0 Å². The quantitative estimate of drug-likeness (QED) is 0.790. The van der Waals surface area contributed by atoms with Gasteiger partial charge in [0, 0.05) is 0 Å². The van der Waals surface area contributed by atoms with Crippen LogP contribution >= 0.6 is 0 Å². The Morgan fingerprint density at radius 1 is 1.13 bits per heavy atom. The van der Waals surface area contributed by atoms with Gasteiger partial charge >= 0.3 is 7.12 Å². The number of halogens is 1. The standard InChI is InChI=1S/C16H24BFO4S/c1-7-11(2)23(19,20)14-9-12(8-13(18)10-14)17-21-15(3,4)16(5,6)22-17/h8-11H,7H2,1-6H3. The van der Waals surface area contributed by atoms with Crippen LogP contribution in [0.3, 0.4) is 0 Å². The van der Waals surface area contributed by atoms with Crippen LogP contribution in [0.2, 0.25) is 0 Å². The highest BCUT2D eigenvalue weighted by Gasteiger charge is 2.52. The van der Waals surface area contributed by atoms with E-state index in [1.165, 1.54) is 12.1 Å². The Labute approximate surface area is 138 Å². The molecule has 1 fully saturated rings. The molecule has 1 aliphatic heterocycles. The van der Waals surface area contributed by atoms with Gasteiger partial charge in [-0.2, -0.15) is 0 Å². The molecular formula is C16H24BFO4S. The first-order valence-electron chi connectivity index (χ1n) is 7.81. The van der Waals surface area contributed by atoms with E-state index in [9.17, 15) is 12.8 Å². The van der Waals surface area contributed by atoms with Crippen molar-refractivity contribution in [2.75, 3.05) is 0 Å². The van der Waals surface area contributed by atoms with E-state index in [0.717, 1.165) is 6.07 Å². The largest absolute Gasteiger partial charge is 0.494 e. The summed E-state index contributed by atoms with van der Waals surface area (Å²) in [5.74, 6) is -0.612. The molecule has 4 nitrogen and oxygen atoms in total. The fourth-order valence-corrected chi connectivity index (χ4v) is 3.80. The van der Waals surface area contributed by atoms with Crippen molar-refractivity contribution in [3.05, 3.63) is 24.0 Å². The van der Waals surface area contributed by atoms with E-state index in [4.69, 9.17) is 9.31 Å². The van der Waals surface area contributed by atoms with Crippen molar-refractivity contribution < 1.29 is 22.1 Å². The third kappa shape index (κ3) is 3.32. The third-order valence-corrected chi connectivity index (χ3v) is 7.14. The van der Waals surface area contributed by atoms with Crippen LogP contribution in [0.5, 0.6) is 0 Å². The van der Waals surface area contributed by atoms with E-state index in [1.54, 1.807) is 13.8 Å². The molecule has 1 saturated heterocycles. The molecule has 1 unspecified atom stereocenters. The average Bonchev–Trinajstić information content (AvgIpc) is 2.65. The van der Waals surface area contributed by atoms with Crippen LogP contribution in [-0.4, -0.2) is 32.0 Å². The van der Waals surface area contributed by atoms with Crippen LogP contribution in [0.15, 0.2) is 23.1 Å². The molecule has 128 valence electrons. The maximum atomic E-state index is 14.0. The molecule has 0 radical (unpaired) electrons. The second-order valence-corrected chi connectivity index (χ2v) is 9.44. The molecule has 0 spiro atoms. The molecule has 7 heteroatoms. The smallest absolute Gasteiger partial charge is 0.399 e. The van der Waals surface area contributed by atoms with Crippen molar-refractivity contribution in [2.45, 2.75) is 69.3 Å². The first kappa shape index (κ1) is 18.4. The lowest BCUT2D eigenvalue weighted by atomic mass is 9.79. The van der Waals surface area contributed by atoms with Gasteiger partial charge in [-0.05, 0) is 64.7 Å². The Balaban J connectivity index is 2.44.